The highest BCUT2D eigenvalue weighted by Crippen LogP contribution is 2.32. The van der Waals surface area contributed by atoms with E-state index in [0.717, 1.165) is 43.6 Å². The van der Waals surface area contributed by atoms with Crippen LogP contribution in [-0.2, 0) is 11.2 Å². The van der Waals surface area contributed by atoms with Crippen LogP contribution < -0.4 is 0 Å². The van der Waals surface area contributed by atoms with Gasteiger partial charge in [-0.05, 0) is 38.2 Å². The molecule has 2 aliphatic heterocycles. The second-order valence-corrected chi connectivity index (χ2v) is 7.23. The summed E-state index contributed by atoms with van der Waals surface area (Å²) in [6.45, 7) is 5.64. The van der Waals surface area contributed by atoms with E-state index >= 15 is 0 Å². The number of hydrogen-bond acceptors (Lipinski definition) is 3. The zero-order valence-corrected chi connectivity index (χ0v) is 14.9. The maximum absolute atomic E-state index is 13.0. The molecule has 5 nitrogen and oxygen atoms in total. The minimum absolute atomic E-state index is 0.0309. The fourth-order valence-corrected chi connectivity index (χ4v) is 4.14. The van der Waals surface area contributed by atoms with Crippen LogP contribution in [0.1, 0.15) is 66.0 Å². The van der Waals surface area contributed by atoms with Crippen molar-refractivity contribution in [3.8, 4) is 0 Å². The van der Waals surface area contributed by atoms with Gasteiger partial charge in [-0.25, -0.2) is 0 Å². The molecule has 4 rings (SSSR count). The molecule has 1 saturated heterocycles. The number of hydrogen-bond donors (Lipinski definition) is 1. The van der Waals surface area contributed by atoms with Crippen LogP contribution in [0.5, 0.6) is 0 Å². The third kappa shape index (κ3) is 3.09. The van der Waals surface area contributed by atoms with E-state index in [1.54, 1.807) is 0 Å². The molecule has 0 aliphatic carbocycles. The summed E-state index contributed by atoms with van der Waals surface area (Å²) in [5, 5.41) is 7.37. The Bertz CT molecular complexity index is 748. The summed E-state index contributed by atoms with van der Waals surface area (Å²) in [7, 11) is 0. The van der Waals surface area contributed by atoms with Gasteiger partial charge in [0.25, 0.3) is 5.91 Å². The molecule has 0 unspecified atom stereocenters. The SMILES string of the molecule is C[C@@H]1Cc2c(C(=O)N3CCC(c4ccccc4)CC3)n[nH]c2[C@H](C)O1. The van der Waals surface area contributed by atoms with E-state index in [1.165, 1.54) is 5.56 Å². The number of fused-ring (bicyclic) bond motifs is 1. The first kappa shape index (κ1) is 16.3. The maximum atomic E-state index is 13.0. The number of aromatic nitrogens is 2. The highest BCUT2D eigenvalue weighted by molar-refractivity contribution is 5.94. The van der Waals surface area contributed by atoms with Crippen molar-refractivity contribution in [2.75, 3.05) is 13.1 Å². The molecule has 2 aliphatic rings. The van der Waals surface area contributed by atoms with Crippen molar-refractivity contribution in [1.82, 2.24) is 15.1 Å². The van der Waals surface area contributed by atoms with E-state index in [2.05, 4.69) is 40.5 Å². The third-order valence-electron chi connectivity index (χ3n) is 5.49. The lowest BCUT2D eigenvalue weighted by atomic mass is 9.89. The molecule has 1 amide bonds. The van der Waals surface area contributed by atoms with E-state index in [0.29, 0.717) is 11.6 Å². The molecule has 1 fully saturated rings. The Labute approximate surface area is 148 Å². The molecule has 3 heterocycles. The van der Waals surface area contributed by atoms with E-state index in [1.807, 2.05) is 18.7 Å². The third-order valence-corrected chi connectivity index (χ3v) is 5.49. The van der Waals surface area contributed by atoms with E-state index in [4.69, 9.17) is 4.74 Å². The minimum atomic E-state index is -0.0309. The molecular weight excluding hydrogens is 314 g/mol. The number of benzene rings is 1. The standard InChI is InChI=1S/C20H25N3O2/c1-13-12-17-18(14(2)25-13)21-22-19(17)20(24)23-10-8-16(9-11-23)15-6-4-3-5-7-15/h3-7,13-14,16H,8-12H2,1-2H3,(H,21,22)/t13-,14+/m1/s1. The van der Waals surface area contributed by atoms with Gasteiger partial charge in [0, 0.05) is 25.1 Å². The highest BCUT2D eigenvalue weighted by atomic mass is 16.5. The fourth-order valence-electron chi connectivity index (χ4n) is 4.14. The van der Waals surface area contributed by atoms with Crippen molar-refractivity contribution in [2.45, 2.75) is 51.2 Å². The van der Waals surface area contributed by atoms with Crippen molar-refractivity contribution in [3.63, 3.8) is 0 Å². The Balaban J connectivity index is 1.47. The van der Waals surface area contributed by atoms with Crippen LogP contribution in [0.3, 0.4) is 0 Å². The molecule has 2 atom stereocenters. The second kappa shape index (κ2) is 6.64. The van der Waals surface area contributed by atoms with Crippen molar-refractivity contribution >= 4 is 5.91 Å². The van der Waals surface area contributed by atoms with Gasteiger partial charge in [0.05, 0.1) is 17.9 Å². The van der Waals surface area contributed by atoms with Gasteiger partial charge in [-0.2, -0.15) is 5.10 Å². The minimum Gasteiger partial charge on any atom is -0.369 e. The van der Waals surface area contributed by atoms with Crippen molar-refractivity contribution < 1.29 is 9.53 Å². The molecule has 1 aromatic heterocycles. The normalized spacial score (nSPS) is 24.2. The van der Waals surface area contributed by atoms with Gasteiger partial charge in [-0.1, -0.05) is 30.3 Å². The number of piperidine rings is 1. The molecule has 0 bridgehead atoms. The van der Waals surface area contributed by atoms with Gasteiger partial charge in [-0.3, -0.25) is 9.89 Å². The Morgan fingerprint density at radius 1 is 1.20 bits per heavy atom. The first-order valence-corrected chi connectivity index (χ1v) is 9.20. The van der Waals surface area contributed by atoms with Gasteiger partial charge in [0.2, 0.25) is 0 Å². The van der Waals surface area contributed by atoms with Crippen LogP contribution in [0.2, 0.25) is 0 Å². The quantitative estimate of drug-likeness (QED) is 0.912. The van der Waals surface area contributed by atoms with Gasteiger partial charge in [-0.15, -0.1) is 0 Å². The zero-order valence-electron chi connectivity index (χ0n) is 14.9. The summed E-state index contributed by atoms with van der Waals surface area (Å²) in [5.41, 5.74) is 3.98. The number of H-pyrrole nitrogens is 1. The van der Waals surface area contributed by atoms with Crippen LogP contribution in [0.15, 0.2) is 30.3 Å². The van der Waals surface area contributed by atoms with Crippen molar-refractivity contribution in [2.24, 2.45) is 0 Å². The molecule has 0 saturated carbocycles. The van der Waals surface area contributed by atoms with Crippen LogP contribution in [-0.4, -0.2) is 40.2 Å². The molecule has 0 spiro atoms. The molecule has 25 heavy (non-hydrogen) atoms. The summed E-state index contributed by atoms with van der Waals surface area (Å²) in [5.74, 6) is 0.608. The van der Waals surface area contributed by atoms with E-state index in [9.17, 15) is 4.79 Å². The van der Waals surface area contributed by atoms with Crippen molar-refractivity contribution in [3.05, 3.63) is 52.8 Å². The van der Waals surface area contributed by atoms with Gasteiger partial charge < -0.3 is 9.64 Å². The van der Waals surface area contributed by atoms with E-state index < -0.39 is 0 Å². The Hall–Kier alpha value is -2.14. The molecular formula is C20H25N3O2. The maximum Gasteiger partial charge on any atom is 0.274 e. The largest absolute Gasteiger partial charge is 0.369 e. The lowest BCUT2D eigenvalue weighted by Gasteiger charge is -2.32. The summed E-state index contributed by atoms with van der Waals surface area (Å²) in [4.78, 5) is 15.0. The number of carbonyl (C=O) groups is 1. The molecule has 132 valence electrons. The topological polar surface area (TPSA) is 58.2 Å². The monoisotopic (exact) mass is 339 g/mol. The van der Waals surface area contributed by atoms with Crippen molar-refractivity contribution in [1.29, 1.82) is 0 Å². The smallest absolute Gasteiger partial charge is 0.274 e. The first-order valence-electron chi connectivity index (χ1n) is 9.20. The average Bonchev–Trinajstić information content (AvgIpc) is 3.06. The second-order valence-electron chi connectivity index (χ2n) is 7.23. The Kier molecular flexibility index (Phi) is 4.34. The molecule has 2 aromatic rings. The van der Waals surface area contributed by atoms with Gasteiger partial charge in [0.1, 0.15) is 0 Å². The Morgan fingerprint density at radius 2 is 1.92 bits per heavy atom. The van der Waals surface area contributed by atoms with E-state index in [-0.39, 0.29) is 18.1 Å². The van der Waals surface area contributed by atoms with Crippen LogP contribution >= 0.6 is 0 Å². The fraction of sp³-hybridized carbons (Fsp3) is 0.500. The number of rotatable bonds is 2. The van der Waals surface area contributed by atoms with Crippen LogP contribution in [0, 0.1) is 0 Å². The number of nitrogens with zero attached hydrogens (tertiary/aromatic N) is 2. The summed E-state index contributed by atoms with van der Waals surface area (Å²) in [6.07, 6.45) is 2.86. The Morgan fingerprint density at radius 3 is 2.64 bits per heavy atom. The summed E-state index contributed by atoms with van der Waals surface area (Å²) in [6, 6.07) is 10.6. The number of ether oxygens (including phenoxy) is 1. The lowest BCUT2D eigenvalue weighted by molar-refractivity contribution is -0.00702. The molecule has 1 aromatic carbocycles. The average molecular weight is 339 g/mol. The number of amides is 1. The predicted molar refractivity (Wildman–Crippen MR) is 95.6 cm³/mol. The van der Waals surface area contributed by atoms with Gasteiger partial charge in [0.15, 0.2) is 5.69 Å². The first-order chi connectivity index (χ1) is 12.1. The molecule has 0 radical (unpaired) electrons. The number of nitrogens with one attached hydrogen (secondary N) is 1. The molecule has 5 heteroatoms. The number of carbonyl (C=O) groups excluding carboxylic acids is 1. The lowest BCUT2D eigenvalue weighted by Crippen LogP contribution is -2.38. The van der Waals surface area contributed by atoms with Crippen LogP contribution in [0.25, 0.3) is 0 Å². The summed E-state index contributed by atoms with van der Waals surface area (Å²) >= 11 is 0. The highest BCUT2D eigenvalue weighted by Gasteiger charge is 2.32. The predicted octanol–water partition coefficient (Wildman–Crippen LogP) is 3.45. The zero-order chi connectivity index (χ0) is 17.4. The number of aromatic amines is 1. The van der Waals surface area contributed by atoms with Crippen LogP contribution in [0.4, 0.5) is 0 Å². The summed E-state index contributed by atoms with van der Waals surface area (Å²) < 4.78 is 5.82. The van der Waals surface area contributed by atoms with Gasteiger partial charge >= 0.3 is 0 Å². The number of likely N-dealkylation sites (tertiary alicyclic amines) is 1. The molecule has 1 N–H and O–H groups in total.